The number of nitrogens with zero attached hydrogens (tertiary/aromatic N) is 1. The lowest BCUT2D eigenvalue weighted by atomic mass is 10.1. The Balaban J connectivity index is 1.75. The molecule has 0 amide bonds. The van der Waals surface area contributed by atoms with Gasteiger partial charge in [-0.15, -0.1) is 0 Å². The summed E-state index contributed by atoms with van der Waals surface area (Å²) in [5, 5.41) is 4.25. The Morgan fingerprint density at radius 3 is 2.78 bits per heavy atom. The fourth-order valence-electron chi connectivity index (χ4n) is 2.58. The highest BCUT2D eigenvalue weighted by Crippen LogP contribution is 2.16. The molecule has 0 bridgehead atoms. The van der Waals surface area contributed by atoms with Gasteiger partial charge in [-0.2, -0.15) is 0 Å². The van der Waals surface area contributed by atoms with Crippen LogP contribution in [0.2, 0.25) is 5.02 Å². The lowest BCUT2D eigenvalue weighted by molar-refractivity contribution is 0.222. The number of nitrogens with one attached hydrogen (secondary N) is 1. The minimum Gasteiger partial charge on any atom is -0.384 e. The van der Waals surface area contributed by atoms with Gasteiger partial charge in [-0.25, -0.2) is 0 Å². The van der Waals surface area contributed by atoms with Crippen molar-refractivity contribution in [3.05, 3.63) is 29.3 Å². The van der Waals surface area contributed by atoms with Crippen LogP contribution in [0.4, 0.5) is 5.69 Å². The van der Waals surface area contributed by atoms with Gasteiger partial charge < -0.3 is 5.32 Å². The van der Waals surface area contributed by atoms with E-state index in [0.29, 0.717) is 0 Å². The van der Waals surface area contributed by atoms with E-state index in [-0.39, 0.29) is 0 Å². The molecule has 0 radical (unpaired) electrons. The smallest absolute Gasteiger partial charge is 0.0407 e. The summed E-state index contributed by atoms with van der Waals surface area (Å²) in [6.45, 7) is 5.74. The average molecular weight is 267 g/mol. The van der Waals surface area contributed by atoms with E-state index < -0.39 is 0 Å². The maximum Gasteiger partial charge on any atom is 0.0407 e. The Kier molecular flexibility index (Phi) is 5.33. The van der Waals surface area contributed by atoms with Gasteiger partial charge in [0.25, 0.3) is 0 Å². The third-order valence-corrected chi connectivity index (χ3v) is 4.01. The van der Waals surface area contributed by atoms with E-state index in [2.05, 4.69) is 17.1 Å². The zero-order chi connectivity index (χ0) is 12.8. The second-order valence-electron chi connectivity index (χ2n) is 5.17. The largest absolute Gasteiger partial charge is 0.384 e. The summed E-state index contributed by atoms with van der Waals surface area (Å²) >= 11 is 5.87. The molecule has 1 unspecified atom stereocenters. The van der Waals surface area contributed by atoms with E-state index in [1.54, 1.807) is 0 Å². The first-order chi connectivity index (χ1) is 8.75. The summed E-state index contributed by atoms with van der Waals surface area (Å²) in [7, 11) is 0. The van der Waals surface area contributed by atoms with Crippen LogP contribution >= 0.6 is 11.6 Å². The Morgan fingerprint density at radius 2 is 2.00 bits per heavy atom. The van der Waals surface area contributed by atoms with Crippen LogP contribution in [0.5, 0.6) is 0 Å². The van der Waals surface area contributed by atoms with Crippen molar-refractivity contribution in [1.29, 1.82) is 0 Å². The summed E-state index contributed by atoms with van der Waals surface area (Å²) in [4.78, 5) is 2.61. The molecule has 1 atom stereocenters. The molecule has 18 heavy (non-hydrogen) atoms. The van der Waals surface area contributed by atoms with Crippen LogP contribution < -0.4 is 5.32 Å². The van der Waals surface area contributed by atoms with Gasteiger partial charge in [-0.3, -0.25) is 4.90 Å². The Bertz CT molecular complexity index is 350. The fraction of sp³-hybridized carbons (Fsp3) is 0.600. The third-order valence-electron chi connectivity index (χ3n) is 3.76. The molecule has 3 heteroatoms. The maximum atomic E-state index is 5.87. The summed E-state index contributed by atoms with van der Waals surface area (Å²) in [6, 6.07) is 8.67. The van der Waals surface area contributed by atoms with Gasteiger partial charge >= 0.3 is 0 Å². The molecule has 1 aliphatic heterocycles. The van der Waals surface area contributed by atoms with Crippen LogP contribution in [-0.4, -0.2) is 30.6 Å². The molecule has 1 saturated heterocycles. The second-order valence-corrected chi connectivity index (χ2v) is 5.60. The van der Waals surface area contributed by atoms with E-state index >= 15 is 0 Å². The van der Waals surface area contributed by atoms with E-state index in [1.807, 2.05) is 24.3 Å². The van der Waals surface area contributed by atoms with Crippen LogP contribution in [0.3, 0.4) is 0 Å². The van der Waals surface area contributed by atoms with Crippen LogP contribution in [0, 0.1) is 0 Å². The molecular weight excluding hydrogens is 244 g/mol. The fourth-order valence-corrected chi connectivity index (χ4v) is 2.70. The maximum absolute atomic E-state index is 5.87. The van der Waals surface area contributed by atoms with Gasteiger partial charge in [0, 0.05) is 29.8 Å². The van der Waals surface area contributed by atoms with Crippen molar-refractivity contribution in [3.8, 4) is 0 Å². The van der Waals surface area contributed by atoms with Gasteiger partial charge in [-0.05, 0) is 50.6 Å². The second kappa shape index (κ2) is 7.01. The molecule has 1 aromatic carbocycles. The van der Waals surface area contributed by atoms with Crippen LogP contribution in [0.15, 0.2) is 24.3 Å². The van der Waals surface area contributed by atoms with Gasteiger partial charge in [0.15, 0.2) is 0 Å². The molecule has 0 saturated carbocycles. The number of hydrogen-bond acceptors (Lipinski definition) is 2. The molecule has 0 aliphatic carbocycles. The predicted molar refractivity (Wildman–Crippen MR) is 79.4 cm³/mol. The highest BCUT2D eigenvalue weighted by Gasteiger charge is 2.15. The molecule has 0 aromatic heterocycles. The van der Waals surface area contributed by atoms with Gasteiger partial charge in [0.05, 0.1) is 0 Å². The van der Waals surface area contributed by atoms with Crippen LogP contribution in [0.25, 0.3) is 0 Å². The SMILES string of the molecule is CC1CCCCCN1CCNc1ccc(Cl)cc1. The van der Waals surface area contributed by atoms with E-state index in [4.69, 9.17) is 11.6 Å². The number of halogens is 1. The van der Waals surface area contributed by atoms with Crippen molar-refractivity contribution in [2.45, 2.75) is 38.6 Å². The average Bonchev–Trinajstić information content (AvgIpc) is 2.57. The van der Waals surface area contributed by atoms with E-state index in [1.165, 1.54) is 32.2 Å². The first kappa shape index (κ1) is 13.7. The lowest BCUT2D eigenvalue weighted by Gasteiger charge is -2.27. The minimum atomic E-state index is 0.736. The number of anilines is 1. The van der Waals surface area contributed by atoms with Gasteiger partial charge in [0.2, 0.25) is 0 Å². The van der Waals surface area contributed by atoms with Crippen LogP contribution in [-0.2, 0) is 0 Å². The summed E-state index contributed by atoms with van der Waals surface area (Å²) < 4.78 is 0. The highest BCUT2D eigenvalue weighted by atomic mass is 35.5. The predicted octanol–water partition coefficient (Wildman–Crippen LogP) is 4.02. The molecule has 2 nitrogen and oxygen atoms in total. The summed E-state index contributed by atoms with van der Waals surface area (Å²) in [5.74, 6) is 0. The molecule has 1 N–H and O–H groups in total. The third kappa shape index (κ3) is 4.18. The summed E-state index contributed by atoms with van der Waals surface area (Å²) in [6.07, 6.45) is 5.49. The lowest BCUT2D eigenvalue weighted by Crippen LogP contribution is -2.36. The Hall–Kier alpha value is -0.730. The van der Waals surface area contributed by atoms with E-state index in [0.717, 1.165) is 29.8 Å². The first-order valence-electron chi connectivity index (χ1n) is 6.99. The number of likely N-dealkylation sites (tertiary alicyclic amines) is 1. The minimum absolute atomic E-state index is 0.736. The van der Waals surface area contributed by atoms with Crippen LogP contribution in [0.1, 0.15) is 32.6 Å². The topological polar surface area (TPSA) is 15.3 Å². The normalized spacial score (nSPS) is 21.6. The number of benzene rings is 1. The Labute approximate surface area is 115 Å². The molecule has 1 aliphatic rings. The van der Waals surface area contributed by atoms with Crippen molar-refractivity contribution < 1.29 is 0 Å². The standard InChI is InChI=1S/C15H23ClN2/c1-13-5-3-2-4-11-18(13)12-10-17-15-8-6-14(16)7-9-15/h6-9,13,17H,2-5,10-12H2,1H3. The number of rotatable bonds is 4. The van der Waals surface area contributed by atoms with Crippen molar-refractivity contribution in [2.24, 2.45) is 0 Å². The molecule has 0 spiro atoms. The van der Waals surface area contributed by atoms with E-state index in [9.17, 15) is 0 Å². The van der Waals surface area contributed by atoms with Crippen molar-refractivity contribution >= 4 is 17.3 Å². The Morgan fingerprint density at radius 1 is 1.22 bits per heavy atom. The molecular formula is C15H23ClN2. The van der Waals surface area contributed by atoms with Crippen molar-refractivity contribution in [3.63, 3.8) is 0 Å². The highest BCUT2D eigenvalue weighted by molar-refractivity contribution is 6.30. The first-order valence-corrected chi connectivity index (χ1v) is 7.37. The molecule has 1 heterocycles. The van der Waals surface area contributed by atoms with Gasteiger partial charge in [-0.1, -0.05) is 24.4 Å². The monoisotopic (exact) mass is 266 g/mol. The molecule has 2 rings (SSSR count). The number of hydrogen-bond donors (Lipinski definition) is 1. The quantitative estimate of drug-likeness (QED) is 0.886. The summed E-state index contributed by atoms with van der Waals surface area (Å²) in [5.41, 5.74) is 1.15. The van der Waals surface area contributed by atoms with Crippen molar-refractivity contribution in [1.82, 2.24) is 4.90 Å². The zero-order valence-corrected chi connectivity index (χ0v) is 11.9. The zero-order valence-electron chi connectivity index (χ0n) is 11.2. The van der Waals surface area contributed by atoms with Crippen molar-refractivity contribution in [2.75, 3.05) is 25.0 Å². The molecule has 1 fully saturated rings. The molecule has 1 aromatic rings. The van der Waals surface area contributed by atoms with Gasteiger partial charge in [0.1, 0.15) is 0 Å². The molecule has 100 valence electrons.